The van der Waals surface area contributed by atoms with Crippen molar-refractivity contribution in [2.75, 3.05) is 13.7 Å². The van der Waals surface area contributed by atoms with Crippen molar-refractivity contribution in [1.82, 2.24) is 0 Å². The van der Waals surface area contributed by atoms with Crippen LogP contribution in [0.1, 0.15) is 41.0 Å². The van der Waals surface area contributed by atoms with Crippen LogP contribution < -0.4 is 0 Å². The van der Waals surface area contributed by atoms with Gasteiger partial charge in [0.15, 0.2) is 12.7 Å². The Balaban J connectivity index is 3.95. The summed E-state index contributed by atoms with van der Waals surface area (Å²) in [7, 11) is 1.40. The Morgan fingerprint density at radius 3 is 2.17 bits per heavy atom. The molecule has 5 heteroatoms. The number of hydrogen-bond donors (Lipinski definition) is 0. The maximum absolute atomic E-state index is 11.4. The largest absolute Gasteiger partial charge is 0.460 e. The molecule has 0 radical (unpaired) electrons. The van der Waals surface area contributed by atoms with Crippen molar-refractivity contribution < 1.29 is 23.8 Å². The number of carbonyl (C=O) groups excluding carboxylic acids is 2. The van der Waals surface area contributed by atoms with Crippen molar-refractivity contribution in [1.29, 1.82) is 0 Å². The van der Waals surface area contributed by atoms with Gasteiger partial charge in [-0.25, -0.2) is 9.59 Å². The van der Waals surface area contributed by atoms with Gasteiger partial charge in [-0.15, -0.1) is 0 Å². The zero-order chi connectivity index (χ0) is 14.3. The van der Waals surface area contributed by atoms with E-state index in [1.807, 2.05) is 6.92 Å². The highest BCUT2D eigenvalue weighted by Gasteiger charge is 2.20. The Hall–Kier alpha value is -1.10. The number of esters is 2. The predicted molar refractivity (Wildman–Crippen MR) is 67.1 cm³/mol. The van der Waals surface area contributed by atoms with Gasteiger partial charge in [-0.1, -0.05) is 20.8 Å². The van der Waals surface area contributed by atoms with E-state index in [1.165, 1.54) is 7.11 Å². The van der Waals surface area contributed by atoms with Gasteiger partial charge in [0.25, 0.3) is 0 Å². The Bertz CT molecular complexity index is 280. The summed E-state index contributed by atoms with van der Waals surface area (Å²) >= 11 is 0. The van der Waals surface area contributed by atoms with Crippen LogP contribution in [0.5, 0.6) is 0 Å². The molecule has 0 aliphatic rings. The van der Waals surface area contributed by atoms with E-state index in [0.717, 1.165) is 6.42 Å². The molecule has 0 fully saturated rings. The molecule has 0 aromatic rings. The van der Waals surface area contributed by atoms with E-state index in [9.17, 15) is 9.59 Å². The molecule has 2 atom stereocenters. The van der Waals surface area contributed by atoms with Crippen LogP contribution in [-0.4, -0.2) is 37.9 Å². The van der Waals surface area contributed by atoms with Gasteiger partial charge in [0.2, 0.25) is 0 Å². The summed E-state index contributed by atoms with van der Waals surface area (Å²) in [4.78, 5) is 22.7. The minimum Gasteiger partial charge on any atom is -0.460 e. The molecule has 0 aliphatic heterocycles. The van der Waals surface area contributed by atoms with Crippen molar-refractivity contribution >= 4 is 11.9 Å². The first-order chi connectivity index (χ1) is 8.15. The van der Waals surface area contributed by atoms with Crippen LogP contribution >= 0.6 is 0 Å². The fourth-order valence-electron chi connectivity index (χ4n) is 1.51. The van der Waals surface area contributed by atoms with Crippen LogP contribution in [0.3, 0.4) is 0 Å². The van der Waals surface area contributed by atoms with Crippen LogP contribution in [0.4, 0.5) is 0 Å². The minimum atomic E-state index is -0.676. The summed E-state index contributed by atoms with van der Waals surface area (Å²) in [6.07, 6.45) is -0.123. The van der Waals surface area contributed by atoms with E-state index >= 15 is 0 Å². The van der Waals surface area contributed by atoms with Gasteiger partial charge in [-0.3, -0.25) is 0 Å². The summed E-state index contributed by atoms with van der Waals surface area (Å²) in [5.74, 6) is -1.11. The molecule has 0 saturated heterocycles. The van der Waals surface area contributed by atoms with Gasteiger partial charge in [-0.05, 0) is 25.7 Å². The van der Waals surface area contributed by atoms with Crippen LogP contribution in [0.2, 0.25) is 0 Å². The van der Waals surface area contributed by atoms with E-state index < -0.39 is 18.0 Å². The first-order valence-electron chi connectivity index (χ1n) is 6.04. The molecular formula is C13H24O5. The van der Waals surface area contributed by atoms with Crippen molar-refractivity contribution in [3.05, 3.63) is 0 Å². The van der Waals surface area contributed by atoms with Crippen molar-refractivity contribution in [3.8, 4) is 0 Å². The van der Waals surface area contributed by atoms with Crippen molar-refractivity contribution in [2.45, 2.75) is 53.2 Å². The van der Waals surface area contributed by atoms with Gasteiger partial charge < -0.3 is 14.2 Å². The lowest BCUT2D eigenvalue weighted by Crippen LogP contribution is -2.28. The van der Waals surface area contributed by atoms with Crippen LogP contribution in [0.25, 0.3) is 0 Å². The molecule has 0 aromatic heterocycles. The molecular weight excluding hydrogens is 236 g/mol. The average Bonchev–Trinajstić information content (AvgIpc) is 2.21. The maximum Gasteiger partial charge on any atom is 0.344 e. The third-order valence-corrected chi connectivity index (χ3v) is 2.25. The van der Waals surface area contributed by atoms with Crippen molar-refractivity contribution in [3.63, 3.8) is 0 Å². The molecule has 0 rings (SSSR count). The minimum absolute atomic E-state index is 0.0843. The van der Waals surface area contributed by atoms with Crippen molar-refractivity contribution in [2.24, 2.45) is 5.41 Å². The second-order valence-electron chi connectivity index (χ2n) is 5.55. The Labute approximate surface area is 109 Å². The van der Waals surface area contributed by atoms with Crippen LogP contribution in [0, 0.1) is 5.41 Å². The number of rotatable bonds is 6. The van der Waals surface area contributed by atoms with Gasteiger partial charge in [0, 0.05) is 7.11 Å². The second-order valence-corrected chi connectivity index (χ2v) is 5.55. The fourth-order valence-corrected chi connectivity index (χ4v) is 1.51. The zero-order valence-electron chi connectivity index (χ0n) is 12.1. The summed E-state index contributed by atoms with van der Waals surface area (Å²) in [5.41, 5.74) is 0.0843. The summed E-state index contributed by atoms with van der Waals surface area (Å²) in [5, 5.41) is 0. The molecule has 0 spiro atoms. The quantitative estimate of drug-likeness (QED) is 0.683. The molecule has 0 saturated carbocycles. The van der Waals surface area contributed by atoms with Crippen LogP contribution in [0.15, 0.2) is 0 Å². The summed E-state index contributed by atoms with van der Waals surface area (Å²) in [6.45, 7) is 9.20. The average molecular weight is 260 g/mol. The van der Waals surface area contributed by atoms with Gasteiger partial charge in [-0.2, -0.15) is 0 Å². The molecule has 0 N–H and O–H groups in total. The monoisotopic (exact) mass is 260 g/mol. The molecule has 0 heterocycles. The third kappa shape index (κ3) is 8.06. The van der Waals surface area contributed by atoms with E-state index in [1.54, 1.807) is 6.92 Å². The van der Waals surface area contributed by atoms with E-state index in [4.69, 9.17) is 14.2 Å². The standard InChI is InChI=1S/C13H24O5/c1-9(7-13(3,4)5)18-11(14)8-17-12(15)10(2)16-6/h9-10H,7-8H2,1-6H3. The molecule has 5 nitrogen and oxygen atoms in total. The first-order valence-corrected chi connectivity index (χ1v) is 6.04. The fraction of sp³-hybridized carbons (Fsp3) is 0.846. The normalized spacial score (nSPS) is 14.8. The molecule has 2 unspecified atom stereocenters. The number of carbonyl (C=O) groups is 2. The SMILES string of the molecule is COC(C)C(=O)OCC(=O)OC(C)CC(C)(C)C. The summed E-state index contributed by atoms with van der Waals surface area (Å²) in [6, 6.07) is 0. The Kier molecular flexibility index (Phi) is 6.91. The smallest absolute Gasteiger partial charge is 0.344 e. The zero-order valence-corrected chi connectivity index (χ0v) is 12.1. The van der Waals surface area contributed by atoms with E-state index in [0.29, 0.717) is 0 Å². The van der Waals surface area contributed by atoms with E-state index in [-0.39, 0.29) is 18.1 Å². The molecule has 0 aromatic carbocycles. The molecule has 0 bridgehead atoms. The topological polar surface area (TPSA) is 61.8 Å². The lowest BCUT2D eigenvalue weighted by Gasteiger charge is -2.23. The van der Waals surface area contributed by atoms with Gasteiger partial charge in [0.1, 0.15) is 0 Å². The Morgan fingerprint density at radius 2 is 1.72 bits per heavy atom. The number of hydrogen-bond acceptors (Lipinski definition) is 5. The van der Waals surface area contributed by atoms with Crippen LogP contribution in [-0.2, 0) is 23.8 Å². The Morgan fingerprint density at radius 1 is 1.17 bits per heavy atom. The van der Waals surface area contributed by atoms with Gasteiger partial charge in [0.05, 0.1) is 6.10 Å². The summed E-state index contributed by atoms with van der Waals surface area (Å²) < 4.78 is 14.6. The third-order valence-electron chi connectivity index (χ3n) is 2.25. The molecule has 0 aliphatic carbocycles. The highest BCUT2D eigenvalue weighted by atomic mass is 16.6. The molecule has 0 amide bonds. The van der Waals surface area contributed by atoms with E-state index in [2.05, 4.69) is 20.8 Å². The number of methoxy groups -OCH3 is 1. The molecule has 18 heavy (non-hydrogen) atoms. The maximum atomic E-state index is 11.4. The lowest BCUT2D eigenvalue weighted by atomic mass is 9.90. The predicted octanol–water partition coefficient (Wildman–Crippen LogP) is 1.93. The number of ether oxygens (including phenoxy) is 3. The highest BCUT2D eigenvalue weighted by Crippen LogP contribution is 2.22. The van der Waals surface area contributed by atoms with Gasteiger partial charge >= 0.3 is 11.9 Å². The first kappa shape index (κ1) is 16.9. The second kappa shape index (κ2) is 7.36. The lowest BCUT2D eigenvalue weighted by molar-refractivity contribution is -0.167. The highest BCUT2D eigenvalue weighted by molar-refractivity contribution is 5.78. The molecule has 106 valence electrons.